The zero-order valence-electron chi connectivity index (χ0n) is 13.1. The second-order valence-corrected chi connectivity index (χ2v) is 6.39. The van der Waals surface area contributed by atoms with Gasteiger partial charge in [-0.3, -0.25) is 9.59 Å². The van der Waals surface area contributed by atoms with Gasteiger partial charge in [0, 0.05) is 38.0 Å². The Labute approximate surface area is 130 Å². The average molecular weight is 305 g/mol. The molecule has 0 aliphatic carbocycles. The molecule has 120 valence electrons. The zero-order chi connectivity index (χ0) is 15.6. The van der Waals surface area contributed by atoms with Crippen LogP contribution in [0.25, 0.3) is 0 Å². The summed E-state index contributed by atoms with van der Waals surface area (Å²) in [7, 11) is 0. The maximum atomic E-state index is 12.5. The molecule has 0 N–H and O–H groups in total. The number of nitrogens with zero attached hydrogens (tertiary/aromatic N) is 5. The molecule has 3 rings (SSSR count). The predicted octanol–water partition coefficient (Wildman–Crippen LogP) is 0.529. The normalized spacial score (nSPS) is 25.8. The highest BCUT2D eigenvalue weighted by molar-refractivity contribution is 5.78. The molecule has 0 saturated carbocycles. The summed E-state index contributed by atoms with van der Waals surface area (Å²) < 4.78 is 0. The van der Waals surface area contributed by atoms with Crippen molar-refractivity contribution in [2.75, 3.05) is 26.2 Å². The van der Waals surface area contributed by atoms with Gasteiger partial charge < -0.3 is 9.80 Å². The summed E-state index contributed by atoms with van der Waals surface area (Å²) >= 11 is 0. The van der Waals surface area contributed by atoms with Crippen molar-refractivity contribution in [1.82, 2.24) is 24.8 Å². The number of hydrogen-bond donors (Lipinski definition) is 0. The largest absolute Gasteiger partial charge is 0.342 e. The van der Waals surface area contributed by atoms with E-state index >= 15 is 0 Å². The van der Waals surface area contributed by atoms with Crippen molar-refractivity contribution in [3.8, 4) is 0 Å². The summed E-state index contributed by atoms with van der Waals surface area (Å²) in [6.07, 6.45) is 6.76. The van der Waals surface area contributed by atoms with Crippen molar-refractivity contribution >= 4 is 11.8 Å². The fourth-order valence-corrected chi connectivity index (χ4v) is 3.69. The number of rotatable bonds is 3. The van der Waals surface area contributed by atoms with Gasteiger partial charge in [0.1, 0.15) is 6.54 Å². The van der Waals surface area contributed by atoms with E-state index in [0.29, 0.717) is 6.42 Å². The first-order valence-corrected chi connectivity index (χ1v) is 8.01. The van der Waals surface area contributed by atoms with E-state index < -0.39 is 0 Å². The SMILES string of the molecule is CCN1CC2(CCCN(C(=O)Cn3nccn3)C2)CCC1=O. The monoisotopic (exact) mass is 305 g/mol. The lowest BCUT2D eigenvalue weighted by Gasteiger charge is -2.48. The number of piperidine rings is 2. The summed E-state index contributed by atoms with van der Waals surface area (Å²) in [6, 6.07) is 0. The highest BCUT2D eigenvalue weighted by Crippen LogP contribution is 2.38. The standard InChI is InChI=1S/C15H23N5O2/c1-2-18-11-15(6-4-13(18)21)5-3-9-19(12-15)14(22)10-20-16-7-8-17-20/h7-8H,2-6,9-12H2,1H3. The van der Waals surface area contributed by atoms with Gasteiger partial charge in [-0.05, 0) is 26.2 Å². The van der Waals surface area contributed by atoms with Crippen LogP contribution >= 0.6 is 0 Å². The third-order valence-corrected chi connectivity index (χ3v) is 4.89. The number of carbonyl (C=O) groups is 2. The molecule has 2 aliphatic heterocycles. The number of hydrogen-bond acceptors (Lipinski definition) is 4. The Morgan fingerprint density at radius 3 is 2.77 bits per heavy atom. The van der Waals surface area contributed by atoms with E-state index in [9.17, 15) is 9.59 Å². The third-order valence-electron chi connectivity index (χ3n) is 4.89. The Morgan fingerprint density at radius 2 is 2.05 bits per heavy atom. The van der Waals surface area contributed by atoms with Gasteiger partial charge in [0.25, 0.3) is 0 Å². The maximum absolute atomic E-state index is 12.5. The minimum atomic E-state index is 0.0650. The molecule has 1 spiro atoms. The molecule has 1 atom stereocenters. The van der Waals surface area contributed by atoms with E-state index in [0.717, 1.165) is 45.4 Å². The molecular weight excluding hydrogens is 282 g/mol. The van der Waals surface area contributed by atoms with Gasteiger partial charge in [-0.25, -0.2) is 0 Å². The molecule has 7 heteroatoms. The maximum Gasteiger partial charge on any atom is 0.246 e. The Hall–Kier alpha value is -1.92. The van der Waals surface area contributed by atoms with Crippen LogP contribution in [0.4, 0.5) is 0 Å². The fourth-order valence-electron chi connectivity index (χ4n) is 3.69. The van der Waals surface area contributed by atoms with Crippen LogP contribution in [0.5, 0.6) is 0 Å². The van der Waals surface area contributed by atoms with Crippen molar-refractivity contribution < 1.29 is 9.59 Å². The molecule has 2 saturated heterocycles. The van der Waals surface area contributed by atoms with Crippen LogP contribution in [0.3, 0.4) is 0 Å². The van der Waals surface area contributed by atoms with Crippen molar-refractivity contribution in [3.63, 3.8) is 0 Å². The Balaban J connectivity index is 1.66. The van der Waals surface area contributed by atoms with Crippen LogP contribution in [0.1, 0.15) is 32.6 Å². The van der Waals surface area contributed by atoms with E-state index in [-0.39, 0.29) is 23.8 Å². The van der Waals surface area contributed by atoms with Crippen molar-refractivity contribution in [1.29, 1.82) is 0 Å². The third kappa shape index (κ3) is 2.98. The number of amides is 2. The number of aromatic nitrogens is 3. The molecule has 0 radical (unpaired) electrons. The summed E-state index contributed by atoms with van der Waals surface area (Å²) in [6.45, 7) is 5.29. The second kappa shape index (κ2) is 6.06. The average Bonchev–Trinajstić information content (AvgIpc) is 3.03. The first-order chi connectivity index (χ1) is 10.6. The lowest BCUT2D eigenvalue weighted by Crippen LogP contribution is -2.55. The molecule has 22 heavy (non-hydrogen) atoms. The van der Waals surface area contributed by atoms with E-state index in [2.05, 4.69) is 10.2 Å². The lowest BCUT2D eigenvalue weighted by atomic mass is 9.73. The van der Waals surface area contributed by atoms with Crippen LogP contribution in [0, 0.1) is 5.41 Å². The predicted molar refractivity (Wildman–Crippen MR) is 79.8 cm³/mol. The molecule has 2 amide bonds. The summed E-state index contributed by atoms with van der Waals surface area (Å²) in [5.41, 5.74) is 0.0787. The van der Waals surface area contributed by atoms with Crippen molar-refractivity contribution in [2.24, 2.45) is 5.41 Å². The molecule has 1 unspecified atom stereocenters. The fraction of sp³-hybridized carbons (Fsp3) is 0.733. The topological polar surface area (TPSA) is 71.3 Å². The van der Waals surface area contributed by atoms with Crippen LogP contribution in [-0.2, 0) is 16.1 Å². The molecule has 1 aromatic rings. The Morgan fingerprint density at radius 1 is 1.27 bits per heavy atom. The van der Waals surface area contributed by atoms with Crippen LogP contribution in [0.2, 0.25) is 0 Å². The summed E-state index contributed by atoms with van der Waals surface area (Å²) in [4.78, 5) is 29.6. The van der Waals surface area contributed by atoms with E-state index in [1.807, 2.05) is 16.7 Å². The first kappa shape index (κ1) is 15.0. The van der Waals surface area contributed by atoms with Gasteiger partial charge in [-0.2, -0.15) is 15.0 Å². The zero-order valence-corrected chi connectivity index (χ0v) is 13.1. The number of carbonyl (C=O) groups excluding carboxylic acids is 2. The molecule has 1 aromatic heterocycles. The van der Waals surface area contributed by atoms with Gasteiger partial charge >= 0.3 is 0 Å². The smallest absolute Gasteiger partial charge is 0.246 e. The molecule has 3 heterocycles. The minimum Gasteiger partial charge on any atom is -0.342 e. The van der Waals surface area contributed by atoms with Crippen LogP contribution < -0.4 is 0 Å². The van der Waals surface area contributed by atoms with Crippen molar-refractivity contribution in [2.45, 2.75) is 39.2 Å². The van der Waals surface area contributed by atoms with Gasteiger partial charge in [0.2, 0.25) is 11.8 Å². The van der Waals surface area contributed by atoms with Gasteiger partial charge in [-0.15, -0.1) is 0 Å². The van der Waals surface area contributed by atoms with E-state index in [1.54, 1.807) is 12.4 Å². The summed E-state index contributed by atoms with van der Waals surface area (Å²) in [5.74, 6) is 0.313. The second-order valence-electron chi connectivity index (χ2n) is 6.39. The van der Waals surface area contributed by atoms with Gasteiger partial charge in [-0.1, -0.05) is 0 Å². The Bertz CT molecular complexity index is 544. The highest BCUT2D eigenvalue weighted by Gasteiger charge is 2.42. The van der Waals surface area contributed by atoms with Crippen LogP contribution in [-0.4, -0.2) is 62.8 Å². The molecule has 2 fully saturated rings. The van der Waals surface area contributed by atoms with E-state index in [4.69, 9.17) is 0 Å². The van der Waals surface area contributed by atoms with E-state index in [1.165, 1.54) is 4.80 Å². The molecule has 7 nitrogen and oxygen atoms in total. The molecule has 0 aromatic carbocycles. The highest BCUT2D eigenvalue weighted by atomic mass is 16.2. The first-order valence-electron chi connectivity index (χ1n) is 8.01. The van der Waals surface area contributed by atoms with Gasteiger partial charge in [0.15, 0.2) is 0 Å². The quantitative estimate of drug-likeness (QED) is 0.816. The van der Waals surface area contributed by atoms with Crippen molar-refractivity contribution in [3.05, 3.63) is 12.4 Å². The summed E-state index contributed by atoms with van der Waals surface area (Å²) in [5, 5.41) is 7.99. The number of likely N-dealkylation sites (tertiary alicyclic amines) is 2. The Kier molecular flexibility index (Phi) is 4.13. The van der Waals surface area contributed by atoms with Crippen LogP contribution in [0.15, 0.2) is 12.4 Å². The molecule has 2 aliphatic rings. The molecule has 0 bridgehead atoms. The lowest BCUT2D eigenvalue weighted by molar-refractivity contribution is -0.143. The minimum absolute atomic E-state index is 0.0650. The molecular formula is C15H23N5O2. The van der Waals surface area contributed by atoms with Gasteiger partial charge in [0.05, 0.1) is 12.4 Å².